The Bertz CT molecular complexity index is 772. The minimum atomic E-state index is -0.281. The maximum atomic E-state index is 12.5. The van der Waals surface area contributed by atoms with E-state index in [9.17, 15) is 4.79 Å². The van der Waals surface area contributed by atoms with Gasteiger partial charge < -0.3 is 15.2 Å². The number of carbonyl (C=O) groups is 1. The fourth-order valence-corrected chi connectivity index (χ4v) is 3.82. The van der Waals surface area contributed by atoms with E-state index in [1.54, 1.807) is 12.1 Å². The van der Waals surface area contributed by atoms with E-state index in [0.29, 0.717) is 16.7 Å². The van der Waals surface area contributed by atoms with Gasteiger partial charge in [-0.15, -0.1) is 12.4 Å². The van der Waals surface area contributed by atoms with E-state index in [4.69, 9.17) is 16.1 Å². The molecule has 1 aliphatic heterocycles. The topological polar surface area (TPSA) is 80.0 Å². The summed E-state index contributed by atoms with van der Waals surface area (Å²) in [5, 5.41) is 11.1. The Hall–Kier alpha value is -1.63. The summed E-state index contributed by atoms with van der Waals surface area (Å²) in [6.07, 6.45) is 3.17. The number of halogens is 2. The Balaban J connectivity index is 0.00000196. The summed E-state index contributed by atoms with van der Waals surface area (Å²) in [6.45, 7) is 3.90. The molecule has 140 valence electrons. The third-order valence-corrected chi connectivity index (χ3v) is 5.64. The van der Waals surface area contributed by atoms with Crippen molar-refractivity contribution in [3.05, 3.63) is 35.1 Å². The monoisotopic (exact) mass is 396 g/mol. The highest BCUT2D eigenvalue weighted by atomic mass is 35.5. The first-order valence-corrected chi connectivity index (χ1v) is 9.06. The smallest absolute Gasteiger partial charge is 0.257 e. The van der Waals surface area contributed by atoms with Crippen molar-refractivity contribution in [1.29, 1.82) is 0 Å². The van der Waals surface area contributed by atoms with Crippen molar-refractivity contribution >= 4 is 29.9 Å². The van der Waals surface area contributed by atoms with Crippen molar-refractivity contribution in [3.8, 4) is 11.5 Å². The number of hydrogen-bond donors (Lipinski definition) is 2. The quantitative estimate of drug-likeness (QED) is 0.827. The van der Waals surface area contributed by atoms with Gasteiger partial charge >= 0.3 is 0 Å². The van der Waals surface area contributed by atoms with Crippen LogP contribution >= 0.6 is 24.0 Å². The zero-order valence-corrected chi connectivity index (χ0v) is 16.1. The van der Waals surface area contributed by atoms with Gasteiger partial charge in [-0.25, -0.2) is 0 Å². The molecule has 1 aliphatic carbocycles. The third kappa shape index (κ3) is 3.72. The molecule has 2 N–H and O–H groups in total. The molecule has 1 spiro atoms. The standard InChI is InChI=1S/C18H21ClN4O2.ClH/c1-11(21-16(24)14-10-18(14)6-8-20-9-7-18)15-22-17(25-23-15)12-2-4-13(19)5-3-12;/h2-5,11,14,20H,6-10H2,1H3,(H,21,24);1H. The molecule has 1 aromatic carbocycles. The first kappa shape index (κ1) is 19.1. The first-order chi connectivity index (χ1) is 12.1. The van der Waals surface area contributed by atoms with Crippen LogP contribution in [0.3, 0.4) is 0 Å². The van der Waals surface area contributed by atoms with Gasteiger partial charge in [-0.1, -0.05) is 16.8 Å². The van der Waals surface area contributed by atoms with Crippen molar-refractivity contribution in [1.82, 2.24) is 20.8 Å². The van der Waals surface area contributed by atoms with Crippen LogP contribution in [0.5, 0.6) is 0 Å². The average Bonchev–Trinajstić information content (AvgIpc) is 3.07. The van der Waals surface area contributed by atoms with Gasteiger partial charge in [0.15, 0.2) is 5.82 Å². The van der Waals surface area contributed by atoms with E-state index >= 15 is 0 Å². The van der Waals surface area contributed by atoms with E-state index in [-0.39, 0.29) is 35.7 Å². The molecule has 2 atom stereocenters. The van der Waals surface area contributed by atoms with Crippen LogP contribution in [0.15, 0.2) is 28.8 Å². The van der Waals surface area contributed by atoms with E-state index in [1.807, 2.05) is 19.1 Å². The molecule has 1 saturated carbocycles. The van der Waals surface area contributed by atoms with Crippen molar-refractivity contribution in [3.63, 3.8) is 0 Å². The van der Waals surface area contributed by atoms with Crippen LogP contribution in [0.2, 0.25) is 5.02 Å². The normalized spacial score (nSPS) is 21.7. The summed E-state index contributed by atoms with van der Waals surface area (Å²) in [7, 11) is 0. The number of rotatable bonds is 4. The molecule has 0 radical (unpaired) electrons. The molecule has 6 nitrogen and oxygen atoms in total. The zero-order chi connectivity index (χ0) is 17.4. The minimum absolute atomic E-state index is 0. The van der Waals surface area contributed by atoms with Gasteiger partial charge in [0.05, 0.1) is 6.04 Å². The highest BCUT2D eigenvalue weighted by Gasteiger charge is 2.57. The lowest BCUT2D eigenvalue weighted by Gasteiger charge is -2.23. The summed E-state index contributed by atoms with van der Waals surface area (Å²) in [5.74, 6) is 1.14. The van der Waals surface area contributed by atoms with Crippen molar-refractivity contribution in [2.24, 2.45) is 11.3 Å². The van der Waals surface area contributed by atoms with Gasteiger partial charge in [-0.05, 0) is 69.0 Å². The summed E-state index contributed by atoms with van der Waals surface area (Å²) < 4.78 is 5.32. The number of aromatic nitrogens is 2. The molecule has 2 unspecified atom stereocenters. The summed E-state index contributed by atoms with van der Waals surface area (Å²) >= 11 is 5.89. The summed E-state index contributed by atoms with van der Waals surface area (Å²) in [6, 6.07) is 6.92. The molecular formula is C18H22Cl2N4O2. The largest absolute Gasteiger partial charge is 0.346 e. The predicted octanol–water partition coefficient (Wildman–Crippen LogP) is 3.38. The van der Waals surface area contributed by atoms with Crippen LogP contribution in [0.4, 0.5) is 0 Å². The molecule has 1 amide bonds. The lowest BCUT2D eigenvalue weighted by Crippen LogP contribution is -2.34. The minimum Gasteiger partial charge on any atom is -0.346 e. The maximum absolute atomic E-state index is 12.5. The second kappa shape index (κ2) is 7.55. The molecule has 1 aromatic heterocycles. The van der Waals surface area contributed by atoms with Gasteiger partial charge in [-0.3, -0.25) is 4.79 Å². The third-order valence-electron chi connectivity index (χ3n) is 5.38. The Morgan fingerprint density at radius 2 is 2.04 bits per heavy atom. The average molecular weight is 397 g/mol. The highest BCUT2D eigenvalue weighted by Crippen LogP contribution is 2.58. The lowest BCUT2D eigenvalue weighted by molar-refractivity contribution is -0.124. The molecule has 26 heavy (non-hydrogen) atoms. The van der Waals surface area contributed by atoms with Crippen LogP contribution in [-0.2, 0) is 4.79 Å². The van der Waals surface area contributed by atoms with E-state index in [2.05, 4.69) is 20.8 Å². The van der Waals surface area contributed by atoms with E-state index < -0.39 is 0 Å². The molecule has 2 fully saturated rings. The molecule has 2 aliphatic rings. The Labute approximate surface area is 163 Å². The molecular weight excluding hydrogens is 375 g/mol. The lowest BCUT2D eigenvalue weighted by atomic mass is 9.91. The molecule has 8 heteroatoms. The fraction of sp³-hybridized carbons (Fsp3) is 0.500. The van der Waals surface area contributed by atoms with Gasteiger partial charge in [0.25, 0.3) is 5.89 Å². The number of piperidine rings is 1. The number of nitrogens with one attached hydrogen (secondary N) is 2. The van der Waals surface area contributed by atoms with Gasteiger partial charge in [-0.2, -0.15) is 4.98 Å². The van der Waals surface area contributed by atoms with Crippen molar-refractivity contribution in [2.45, 2.75) is 32.2 Å². The number of amides is 1. The van der Waals surface area contributed by atoms with Gasteiger partial charge in [0.2, 0.25) is 5.91 Å². The van der Waals surface area contributed by atoms with Gasteiger partial charge in [0, 0.05) is 16.5 Å². The molecule has 2 heterocycles. The van der Waals surface area contributed by atoms with Crippen LogP contribution in [0.1, 0.15) is 38.1 Å². The van der Waals surface area contributed by atoms with Crippen LogP contribution in [-0.4, -0.2) is 29.1 Å². The zero-order valence-electron chi connectivity index (χ0n) is 14.5. The number of carbonyl (C=O) groups excluding carboxylic acids is 1. The number of benzene rings is 1. The fourth-order valence-electron chi connectivity index (χ4n) is 3.69. The van der Waals surface area contributed by atoms with Crippen LogP contribution < -0.4 is 10.6 Å². The van der Waals surface area contributed by atoms with Crippen LogP contribution in [0.25, 0.3) is 11.5 Å². The summed E-state index contributed by atoms with van der Waals surface area (Å²) in [4.78, 5) is 16.9. The van der Waals surface area contributed by atoms with Gasteiger partial charge in [0.1, 0.15) is 0 Å². The highest BCUT2D eigenvalue weighted by molar-refractivity contribution is 6.30. The Kier molecular flexibility index (Phi) is 5.55. The Morgan fingerprint density at radius 3 is 2.73 bits per heavy atom. The van der Waals surface area contributed by atoms with E-state index in [1.165, 1.54) is 0 Å². The summed E-state index contributed by atoms with van der Waals surface area (Å²) in [5.41, 5.74) is 1.03. The van der Waals surface area contributed by atoms with Crippen molar-refractivity contribution in [2.75, 3.05) is 13.1 Å². The number of nitrogens with zero attached hydrogens (tertiary/aromatic N) is 2. The second-order valence-electron chi connectivity index (χ2n) is 7.06. The molecule has 1 saturated heterocycles. The second-order valence-corrected chi connectivity index (χ2v) is 7.50. The Morgan fingerprint density at radius 1 is 1.35 bits per heavy atom. The molecule has 4 rings (SSSR count). The van der Waals surface area contributed by atoms with Crippen LogP contribution in [0, 0.1) is 11.3 Å². The molecule has 2 aromatic rings. The maximum Gasteiger partial charge on any atom is 0.257 e. The van der Waals surface area contributed by atoms with E-state index in [0.717, 1.165) is 37.9 Å². The molecule has 0 bridgehead atoms. The van der Waals surface area contributed by atoms with Crippen molar-refractivity contribution < 1.29 is 9.32 Å². The number of hydrogen-bond acceptors (Lipinski definition) is 5. The first-order valence-electron chi connectivity index (χ1n) is 8.68. The predicted molar refractivity (Wildman–Crippen MR) is 101 cm³/mol. The SMILES string of the molecule is CC(NC(=O)C1CC12CCNCC2)c1noc(-c2ccc(Cl)cc2)n1.Cl.